The molecule has 0 aromatic heterocycles. The van der Waals surface area contributed by atoms with Crippen LogP contribution in [0, 0.1) is 5.41 Å². The van der Waals surface area contributed by atoms with Crippen molar-refractivity contribution in [3.8, 4) is 0 Å². The van der Waals surface area contributed by atoms with Crippen molar-refractivity contribution < 1.29 is 0 Å². The topological polar surface area (TPSA) is 49.9 Å². The fourth-order valence-electron chi connectivity index (χ4n) is 1.70. The number of hydrogen-bond donors (Lipinski definition) is 2. The molecular weight excluding hydrogens is 276 g/mol. The van der Waals surface area contributed by atoms with Crippen molar-refractivity contribution in [2.45, 2.75) is 11.5 Å². The number of halogens is 1. The van der Waals surface area contributed by atoms with Crippen LogP contribution in [-0.4, -0.2) is 5.84 Å². The van der Waals surface area contributed by atoms with E-state index in [1.165, 1.54) is 11.1 Å². The lowest BCUT2D eigenvalue weighted by atomic mass is 10.1. The van der Waals surface area contributed by atoms with Gasteiger partial charge in [0.25, 0.3) is 0 Å². The normalized spacial score (nSPS) is 10.4. The van der Waals surface area contributed by atoms with Gasteiger partial charge in [0.2, 0.25) is 0 Å². The van der Waals surface area contributed by atoms with Crippen molar-refractivity contribution in [3.05, 3.63) is 70.2 Å². The van der Waals surface area contributed by atoms with E-state index in [1.54, 1.807) is 0 Å². The summed E-state index contributed by atoms with van der Waals surface area (Å²) in [7, 11) is 0. The molecule has 0 saturated carbocycles. The third-order valence-corrected chi connectivity index (χ3v) is 4.02. The van der Waals surface area contributed by atoms with Gasteiger partial charge in [0.05, 0.1) is 0 Å². The van der Waals surface area contributed by atoms with Crippen LogP contribution in [0.15, 0.2) is 48.5 Å². The minimum absolute atomic E-state index is 0.115. The van der Waals surface area contributed by atoms with Gasteiger partial charge in [-0.15, -0.1) is 0 Å². The standard InChI is InChI=1S/C15H15ClN2S/c16-14-6-4-11(5-7-14)9-19-10-12-2-1-3-13(8-12)15(17)18/h1-8H,9-10H2,(H3,17,18). The maximum Gasteiger partial charge on any atom is 0.122 e. The minimum Gasteiger partial charge on any atom is -0.384 e. The molecule has 0 saturated heterocycles. The Balaban J connectivity index is 1.90. The smallest absolute Gasteiger partial charge is 0.122 e. The summed E-state index contributed by atoms with van der Waals surface area (Å²) in [4.78, 5) is 0. The molecule has 4 heteroatoms. The average molecular weight is 291 g/mol. The maximum atomic E-state index is 7.42. The maximum absolute atomic E-state index is 7.42. The van der Waals surface area contributed by atoms with Crippen LogP contribution in [0.5, 0.6) is 0 Å². The van der Waals surface area contributed by atoms with Gasteiger partial charge in [0, 0.05) is 22.1 Å². The Labute approximate surface area is 122 Å². The molecule has 2 aromatic carbocycles. The van der Waals surface area contributed by atoms with Crippen LogP contribution in [-0.2, 0) is 11.5 Å². The Morgan fingerprint density at radius 1 is 1.05 bits per heavy atom. The summed E-state index contributed by atoms with van der Waals surface area (Å²) in [6.07, 6.45) is 0. The van der Waals surface area contributed by atoms with E-state index in [0.717, 1.165) is 22.1 Å². The molecule has 0 aliphatic carbocycles. The van der Waals surface area contributed by atoms with Crippen molar-refractivity contribution in [2.24, 2.45) is 5.73 Å². The molecule has 2 rings (SSSR count). The summed E-state index contributed by atoms with van der Waals surface area (Å²) in [6, 6.07) is 15.7. The molecule has 0 fully saturated rings. The first-order valence-electron chi connectivity index (χ1n) is 5.90. The molecule has 0 spiro atoms. The van der Waals surface area contributed by atoms with E-state index < -0.39 is 0 Å². The predicted molar refractivity (Wildman–Crippen MR) is 83.9 cm³/mol. The highest BCUT2D eigenvalue weighted by Gasteiger charge is 2.00. The first-order chi connectivity index (χ1) is 9.15. The average Bonchev–Trinajstić information content (AvgIpc) is 2.41. The van der Waals surface area contributed by atoms with E-state index >= 15 is 0 Å². The molecule has 3 N–H and O–H groups in total. The van der Waals surface area contributed by atoms with E-state index in [-0.39, 0.29) is 5.84 Å². The predicted octanol–water partition coefficient (Wildman–Crippen LogP) is 4.06. The lowest BCUT2D eigenvalue weighted by Crippen LogP contribution is -2.10. The van der Waals surface area contributed by atoms with Gasteiger partial charge in [-0.1, -0.05) is 41.9 Å². The third kappa shape index (κ3) is 4.30. The van der Waals surface area contributed by atoms with Crippen molar-refractivity contribution in [1.29, 1.82) is 5.41 Å². The number of nitrogens with one attached hydrogen (secondary N) is 1. The second-order valence-corrected chi connectivity index (χ2v) is 5.66. The van der Waals surface area contributed by atoms with Gasteiger partial charge in [-0.3, -0.25) is 5.41 Å². The number of rotatable bonds is 5. The molecule has 2 aromatic rings. The summed E-state index contributed by atoms with van der Waals surface area (Å²) in [5.74, 6) is 1.97. The van der Waals surface area contributed by atoms with E-state index in [0.29, 0.717) is 0 Å². The van der Waals surface area contributed by atoms with Gasteiger partial charge >= 0.3 is 0 Å². The quantitative estimate of drug-likeness (QED) is 0.644. The minimum atomic E-state index is 0.115. The SMILES string of the molecule is N=C(N)c1cccc(CSCc2ccc(Cl)cc2)c1. The highest BCUT2D eigenvalue weighted by atomic mass is 35.5. The fourth-order valence-corrected chi connectivity index (χ4v) is 2.77. The van der Waals surface area contributed by atoms with Gasteiger partial charge in [-0.05, 0) is 29.3 Å². The van der Waals surface area contributed by atoms with Gasteiger partial charge in [-0.2, -0.15) is 11.8 Å². The number of thioether (sulfide) groups is 1. The Morgan fingerprint density at radius 2 is 1.74 bits per heavy atom. The van der Waals surface area contributed by atoms with Gasteiger partial charge in [0.1, 0.15) is 5.84 Å². The first-order valence-corrected chi connectivity index (χ1v) is 7.44. The zero-order valence-electron chi connectivity index (χ0n) is 10.4. The second-order valence-electron chi connectivity index (χ2n) is 4.23. The molecular formula is C15H15ClN2S. The number of hydrogen-bond acceptors (Lipinski definition) is 2. The number of nitrogens with two attached hydrogens (primary N) is 1. The van der Waals surface area contributed by atoms with Crippen LogP contribution in [0.3, 0.4) is 0 Å². The third-order valence-electron chi connectivity index (χ3n) is 2.69. The van der Waals surface area contributed by atoms with E-state index in [4.69, 9.17) is 22.7 Å². The second kappa shape index (κ2) is 6.64. The molecule has 19 heavy (non-hydrogen) atoms. The van der Waals surface area contributed by atoms with Gasteiger partial charge in [-0.25, -0.2) is 0 Å². The zero-order valence-corrected chi connectivity index (χ0v) is 12.0. The van der Waals surface area contributed by atoms with Crippen LogP contribution in [0.1, 0.15) is 16.7 Å². The van der Waals surface area contributed by atoms with Crippen LogP contribution in [0.25, 0.3) is 0 Å². The van der Waals surface area contributed by atoms with Crippen molar-refractivity contribution in [2.75, 3.05) is 0 Å². The molecule has 0 heterocycles. The highest BCUT2D eigenvalue weighted by Crippen LogP contribution is 2.19. The monoisotopic (exact) mass is 290 g/mol. The molecule has 0 bridgehead atoms. The molecule has 0 radical (unpaired) electrons. The number of nitrogen functional groups attached to an aromatic ring is 1. The summed E-state index contributed by atoms with van der Waals surface area (Å²) in [5.41, 5.74) is 8.71. The Kier molecular flexibility index (Phi) is 4.88. The summed E-state index contributed by atoms with van der Waals surface area (Å²) in [6.45, 7) is 0. The van der Waals surface area contributed by atoms with Crippen LogP contribution in [0.2, 0.25) is 5.02 Å². The first kappa shape index (κ1) is 14.0. The fraction of sp³-hybridized carbons (Fsp3) is 0.133. The number of benzene rings is 2. The van der Waals surface area contributed by atoms with Crippen LogP contribution < -0.4 is 5.73 Å². The Hall–Kier alpha value is -1.45. The van der Waals surface area contributed by atoms with E-state index in [2.05, 4.69) is 6.07 Å². The highest BCUT2D eigenvalue weighted by molar-refractivity contribution is 7.97. The molecule has 0 unspecified atom stereocenters. The van der Waals surface area contributed by atoms with Gasteiger partial charge in [0.15, 0.2) is 0 Å². The molecule has 0 aliphatic rings. The summed E-state index contributed by atoms with van der Waals surface area (Å²) < 4.78 is 0. The Morgan fingerprint density at radius 3 is 2.42 bits per heavy atom. The molecule has 98 valence electrons. The van der Waals surface area contributed by atoms with Crippen LogP contribution in [0.4, 0.5) is 0 Å². The van der Waals surface area contributed by atoms with E-state index in [9.17, 15) is 0 Å². The lowest BCUT2D eigenvalue weighted by Gasteiger charge is -2.05. The Bertz CT molecular complexity index is 567. The number of amidine groups is 1. The van der Waals surface area contributed by atoms with Gasteiger partial charge < -0.3 is 5.73 Å². The van der Waals surface area contributed by atoms with Crippen molar-refractivity contribution >= 4 is 29.2 Å². The zero-order chi connectivity index (χ0) is 13.7. The summed E-state index contributed by atoms with van der Waals surface area (Å²) >= 11 is 7.68. The van der Waals surface area contributed by atoms with E-state index in [1.807, 2.05) is 54.2 Å². The largest absolute Gasteiger partial charge is 0.384 e. The molecule has 2 nitrogen and oxygen atoms in total. The van der Waals surface area contributed by atoms with Crippen molar-refractivity contribution in [1.82, 2.24) is 0 Å². The summed E-state index contributed by atoms with van der Waals surface area (Å²) in [5, 5.41) is 8.19. The lowest BCUT2D eigenvalue weighted by molar-refractivity contribution is 1.35. The van der Waals surface area contributed by atoms with Crippen LogP contribution >= 0.6 is 23.4 Å². The molecule has 0 aliphatic heterocycles. The molecule has 0 amide bonds. The molecule has 0 atom stereocenters. The van der Waals surface area contributed by atoms with Crippen molar-refractivity contribution in [3.63, 3.8) is 0 Å².